The number of hydrogen-bond acceptors (Lipinski definition) is 5. The van der Waals surface area contributed by atoms with Crippen molar-refractivity contribution < 1.29 is 20.4 Å². The van der Waals surface area contributed by atoms with Crippen LogP contribution in [-0.4, -0.2) is 20.4 Å². The van der Waals surface area contributed by atoms with Crippen LogP contribution < -0.4 is 0 Å². The van der Waals surface area contributed by atoms with Gasteiger partial charge in [-0.3, -0.25) is 0 Å². The average molecular weight is 402 g/mol. The van der Waals surface area contributed by atoms with Crippen LogP contribution in [-0.2, 0) is 0 Å². The fourth-order valence-corrected chi connectivity index (χ4v) is 4.15. The van der Waals surface area contributed by atoms with Gasteiger partial charge in [-0.05, 0) is 82.9 Å². The van der Waals surface area contributed by atoms with Crippen LogP contribution in [0.5, 0.6) is 23.0 Å². The SMILES string of the molecule is Oc1ccc(-c2cc(O)ccc2Sc2ccc(O)cc2-c2ccc(O)cc2)cc1. The van der Waals surface area contributed by atoms with Gasteiger partial charge in [0, 0.05) is 9.79 Å². The highest BCUT2D eigenvalue weighted by molar-refractivity contribution is 7.99. The van der Waals surface area contributed by atoms with Crippen molar-refractivity contribution in [2.75, 3.05) is 0 Å². The van der Waals surface area contributed by atoms with Crippen LogP contribution in [0.3, 0.4) is 0 Å². The number of rotatable bonds is 4. The van der Waals surface area contributed by atoms with Crippen molar-refractivity contribution in [2.45, 2.75) is 9.79 Å². The van der Waals surface area contributed by atoms with E-state index >= 15 is 0 Å². The zero-order valence-corrected chi connectivity index (χ0v) is 16.1. The predicted octanol–water partition coefficient (Wildman–Crippen LogP) is 5.99. The minimum Gasteiger partial charge on any atom is -0.508 e. The molecule has 0 aliphatic carbocycles. The molecule has 0 fully saturated rings. The zero-order valence-electron chi connectivity index (χ0n) is 15.3. The molecule has 0 spiro atoms. The van der Waals surface area contributed by atoms with Crippen molar-refractivity contribution >= 4 is 11.8 Å². The van der Waals surface area contributed by atoms with E-state index in [2.05, 4.69) is 0 Å². The molecule has 0 heterocycles. The molecule has 0 bridgehead atoms. The fraction of sp³-hybridized carbons (Fsp3) is 0. The van der Waals surface area contributed by atoms with Gasteiger partial charge in [0.25, 0.3) is 0 Å². The van der Waals surface area contributed by atoms with Crippen LogP contribution in [0.15, 0.2) is 94.7 Å². The maximum atomic E-state index is 10.00. The first-order chi connectivity index (χ1) is 14.0. The van der Waals surface area contributed by atoms with Gasteiger partial charge in [0.15, 0.2) is 0 Å². The van der Waals surface area contributed by atoms with Gasteiger partial charge >= 0.3 is 0 Å². The van der Waals surface area contributed by atoms with Gasteiger partial charge in [-0.1, -0.05) is 36.0 Å². The Balaban J connectivity index is 1.79. The third-order valence-electron chi connectivity index (χ3n) is 4.50. The van der Waals surface area contributed by atoms with E-state index in [-0.39, 0.29) is 23.0 Å². The summed E-state index contributed by atoms with van der Waals surface area (Å²) in [6.45, 7) is 0. The Bertz CT molecular complexity index is 1060. The van der Waals surface area contributed by atoms with Crippen molar-refractivity contribution in [3.63, 3.8) is 0 Å². The number of hydrogen-bond donors (Lipinski definition) is 4. The van der Waals surface area contributed by atoms with Gasteiger partial charge in [0.1, 0.15) is 23.0 Å². The molecule has 0 amide bonds. The van der Waals surface area contributed by atoms with Crippen LogP contribution >= 0.6 is 11.8 Å². The molecule has 0 aliphatic heterocycles. The Hall–Kier alpha value is -3.57. The molecule has 4 N–H and O–H groups in total. The third kappa shape index (κ3) is 4.15. The Morgan fingerprint density at radius 1 is 0.414 bits per heavy atom. The van der Waals surface area contributed by atoms with Crippen LogP contribution in [0.2, 0.25) is 0 Å². The van der Waals surface area contributed by atoms with Gasteiger partial charge in [-0.25, -0.2) is 0 Å². The van der Waals surface area contributed by atoms with Crippen molar-refractivity contribution in [2.24, 2.45) is 0 Å². The molecule has 0 aromatic heterocycles. The summed E-state index contributed by atoms with van der Waals surface area (Å²) in [5.41, 5.74) is 3.40. The molecule has 144 valence electrons. The third-order valence-corrected chi connectivity index (χ3v) is 5.65. The largest absolute Gasteiger partial charge is 0.508 e. The van der Waals surface area contributed by atoms with Gasteiger partial charge in [0.2, 0.25) is 0 Å². The highest BCUT2D eigenvalue weighted by atomic mass is 32.2. The summed E-state index contributed by atoms with van der Waals surface area (Å²) < 4.78 is 0. The molecule has 0 radical (unpaired) electrons. The van der Waals surface area contributed by atoms with Crippen molar-refractivity contribution in [3.8, 4) is 45.3 Å². The lowest BCUT2D eigenvalue weighted by molar-refractivity contribution is 0.474. The van der Waals surface area contributed by atoms with Crippen molar-refractivity contribution in [3.05, 3.63) is 84.9 Å². The van der Waals surface area contributed by atoms with E-state index in [1.807, 2.05) is 12.1 Å². The van der Waals surface area contributed by atoms with Crippen LogP contribution in [0.4, 0.5) is 0 Å². The highest BCUT2D eigenvalue weighted by Crippen LogP contribution is 2.43. The minimum absolute atomic E-state index is 0.155. The molecule has 4 aromatic rings. The lowest BCUT2D eigenvalue weighted by Crippen LogP contribution is -1.86. The summed E-state index contributed by atoms with van der Waals surface area (Å²) in [5, 5.41) is 39.1. The van der Waals surface area contributed by atoms with E-state index in [0.717, 1.165) is 32.0 Å². The van der Waals surface area contributed by atoms with E-state index < -0.39 is 0 Å². The molecule has 0 atom stereocenters. The standard InChI is InChI=1S/C24H18O4S/c25-17-5-1-15(2-6-17)21-13-19(27)9-11-23(21)29-24-12-10-20(28)14-22(24)16-3-7-18(26)8-4-16/h1-14,25-28H. The minimum atomic E-state index is 0.155. The number of benzene rings is 4. The second-order valence-electron chi connectivity index (χ2n) is 6.56. The fourth-order valence-electron chi connectivity index (χ4n) is 3.07. The molecule has 0 saturated heterocycles. The maximum absolute atomic E-state index is 10.00. The van der Waals surface area contributed by atoms with E-state index in [0.29, 0.717) is 0 Å². The molecule has 4 aromatic carbocycles. The second-order valence-corrected chi connectivity index (χ2v) is 7.64. The quantitative estimate of drug-likeness (QED) is 0.337. The average Bonchev–Trinajstić information content (AvgIpc) is 2.72. The van der Waals surface area contributed by atoms with Gasteiger partial charge in [0.05, 0.1) is 0 Å². The smallest absolute Gasteiger partial charge is 0.116 e. The highest BCUT2D eigenvalue weighted by Gasteiger charge is 2.13. The van der Waals surface area contributed by atoms with E-state index in [9.17, 15) is 20.4 Å². The maximum Gasteiger partial charge on any atom is 0.116 e. The Kier molecular flexibility index (Phi) is 5.06. The second kappa shape index (κ2) is 7.81. The number of phenols is 4. The van der Waals surface area contributed by atoms with Crippen LogP contribution in [0.25, 0.3) is 22.3 Å². The van der Waals surface area contributed by atoms with E-state index in [4.69, 9.17) is 0 Å². The summed E-state index contributed by atoms with van der Waals surface area (Å²) in [4.78, 5) is 1.83. The molecule has 4 rings (SSSR count). The topological polar surface area (TPSA) is 80.9 Å². The lowest BCUT2D eigenvalue weighted by atomic mass is 10.1. The van der Waals surface area contributed by atoms with Crippen LogP contribution in [0.1, 0.15) is 0 Å². The molecule has 4 nitrogen and oxygen atoms in total. The van der Waals surface area contributed by atoms with Gasteiger partial charge in [-0.15, -0.1) is 0 Å². The monoisotopic (exact) mass is 402 g/mol. The van der Waals surface area contributed by atoms with Crippen molar-refractivity contribution in [1.82, 2.24) is 0 Å². The number of phenolic OH excluding ortho intramolecular Hbond substituents is 4. The molecule has 0 unspecified atom stereocenters. The summed E-state index contributed by atoms with van der Waals surface area (Å²) >= 11 is 1.51. The van der Waals surface area contributed by atoms with Gasteiger partial charge in [-0.2, -0.15) is 0 Å². The molecule has 5 heteroatoms. The summed E-state index contributed by atoms with van der Waals surface area (Å²) in [7, 11) is 0. The van der Waals surface area contributed by atoms with Crippen LogP contribution in [0, 0.1) is 0 Å². The van der Waals surface area contributed by atoms with Crippen molar-refractivity contribution in [1.29, 1.82) is 0 Å². The lowest BCUT2D eigenvalue weighted by Gasteiger charge is -2.14. The molecule has 0 saturated carbocycles. The Labute approximate surface area is 172 Å². The predicted molar refractivity (Wildman–Crippen MR) is 115 cm³/mol. The molecule has 0 aliphatic rings. The molecular formula is C24H18O4S. The zero-order chi connectivity index (χ0) is 20.4. The molecule has 29 heavy (non-hydrogen) atoms. The first kappa shape index (κ1) is 18.8. The summed E-state index contributed by atoms with van der Waals surface area (Å²) in [5.74, 6) is 0.663. The number of aromatic hydroxyl groups is 4. The Morgan fingerprint density at radius 2 is 0.759 bits per heavy atom. The Morgan fingerprint density at radius 3 is 1.14 bits per heavy atom. The normalized spacial score (nSPS) is 10.8. The van der Waals surface area contributed by atoms with E-state index in [1.165, 1.54) is 11.8 Å². The van der Waals surface area contributed by atoms with Gasteiger partial charge < -0.3 is 20.4 Å². The summed E-state index contributed by atoms with van der Waals surface area (Å²) in [6, 6.07) is 23.9. The summed E-state index contributed by atoms with van der Waals surface area (Å²) in [6.07, 6.45) is 0. The van der Waals surface area contributed by atoms with E-state index in [1.54, 1.807) is 72.8 Å². The molecular weight excluding hydrogens is 384 g/mol. The first-order valence-electron chi connectivity index (χ1n) is 8.92. The first-order valence-corrected chi connectivity index (χ1v) is 9.74.